The standard InChI is InChI=1S/C24H34N4O2/c1-18-5-7-22(8-6-18)17-28-21(4)23(20(3)26-28)9-10-24(29)25-19(2)11-12-27-13-15-30-16-14-27/h5-10,19H,11-17H2,1-4H3,(H,25,29). The van der Waals surface area contributed by atoms with Crippen molar-refractivity contribution in [2.24, 2.45) is 0 Å². The van der Waals surface area contributed by atoms with E-state index in [2.05, 4.69) is 60.4 Å². The molecule has 6 nitrogen and oxygen atoms in total. The van der Waals surface area contributed by atoms with Crippen molar-refractivity contribution >= 4 is 12.0 Å². The zero-order valence-corrected chi connectivity index (χ0v) is 18.6. The van der Waals surface area contributed by atoms with Crippen LogP contribution in [0.5, 0.6) is 0 Å². The molecule has 1 aliphatic rings. The summed E-state index contributed by atoms with van der Waals surface area (Å²) in [5.74, 6) is -0.0606. The molecule has 1 unspecified atom stereocenters. The molecule has 3 rings (SSSR count). The molecule has 162 valence electrons. The number of rotatable bonds is 8. The molecule has 0 aliphatic carbocycles. The number of benzene rings is 1. The summed E-state index contributed by atoms with van der Waals surface area (Å²) in [6, 6.07) is 8.63. The molecule has 0 saturated carbocycles. The molecule has 2 heterocycles. The SMILES string of the molecule is Cc1ccc(Cn2nc(C)c(C=CC(=O)NC(C)CCN3CCOCC3)c2C)cc1. The van der Waals surface area contributed by atoms with Gasteiger partial charge in [-0.3, -0.25) is 14.4 Å². The Morgan fingerprint density at radius 1 is 1.20 bits per heavy atom. The van der Waals surface area contributed by atoms with Crippen LogP contribution in [0.2, 0.25) is 0 Å². The van der Waals surface area contributed by atoms with Gasteiger partial charge in [-0.15, -0.1) is 0 Å². The van der Waals surface area contributed by atoms with Crippen molar-refractivity contribution in [1.29, 1.82) is 0 Å². The Kier molecular flexibility index (Phi) is 7.82. The molecule has 30 heavy (non-hydrogen) atoms. The maximum atomic E-state index is 12.4. The summed E-state index contributed by atoms with van der Waals surface area (Å²) in [4.78, 5) is 14.8. The fourth-order valence-corrected chi connectivity index (χ4v) is 3.70. The van der Waals surface area contributed by atoms with Crippen LogP contribution < -0.4 is 5.32 Å². The van der Waals surface area contributed by atoms with Crippen LogP contribution in [0.15, 0.2) is 30.3 Å². The first kappa shape index (κ1) is 22.2. The van der Waals surface area contributed by atoms with Gasteiger partial charge in [0.15, 0.2) is 0 Å². The number of nitrogens with zero attached hydrogens (tertiary/aromatic N) is 3. The number of amides is 1. The third-order valence-corrected chi connectivity index (χ3v) is 5.66. The van der Waals surface area contributed by atoms with E-state index in [0.717, 1.165) is 62.8 Å². The molecule has 0 radical (unpaired) electrons. The maximum absolute atomic E-state index is 12.4. The lowest BCUT2D eigenvalue weighted by molar-refractivity contribution is -0.117. The van der Waals surface area contributed by atoms with Crippen molar-refractivity contribution in [3.63, 3.8) is 0 Å². The van der Waals surface area contributed by atoms with Gasteiger partial charge in [0, 0.05) is 43.0 Å². The lowest BCUT2D eigenvalue weighted by atomic mass is 10.1. The van der Waals surface area contributed by atoms with Gasteiger partial charge in [-0.05, 0) is 45.8 Å². The minimum Gasteiger partial charge on any atom is -0.379 e. The molecule has 0 bridgehead atoms. The minimum absolute atomic E-state index is 0.0606. The van der Waals surface area contributed by atoms with Gasteiger partial charge in [-0.25, -0.2) is 0 Å². The Morgan fingerprint density at radius 3 is 2.60 bits per heavy atom. The summed E-state index contributed by atoms with van der Waals surface area (Å²) >= 11 is 0. The van der Waals surface area contributed by atoms with E-state index in [1.54, 1.807) is 6.08 Å². The normalized spacial score (nSPS) is 16.1. The average molecular weight is 411 g/mol. The van der Waals surface area contributed by atoms with Gasteiger partial charge in [-0.2, -0.15) is 5.10 Å². The zero-order valence-electron chi connectivity index (χ0n) is 18.6. The van der Waals surface area contributed by atoms with Crippen molar-refractivity contribution in [2.45, 2.75) is 46.7 Å². The van der Waals surface area contributed by atoms with Gasteiger partial charge in [-0.1, -0.05) is 29.8 Å². The van der Waals surface area contributed by atoms with E-state index in [4.69, 9.17) is 4.74 Å². The van der Waals surface area contributed by atoms with Crippen LogP contribution in [0.1, 0.15) is 41.4 Å². The van der Waals surface area contributed by atoms with Crippen LogP contribution in [-0.2, 0) is 16.1 Å². The predicted octanol–water partition coefficient (Wildman–Crippen LogP) is 3.10. The number of hydrogen-bond acceptors (Lipinski definition) is 4. The first-order valence-electron chi connectivity index (χ1n) is 10.8. The summed E-state index contributed by atoms with van der Waals surface area (Å²) in [7, 11) is 0. The highest BCUT2D eigenvalue weighted by atomic mass is 16.5. The number of morpholine rings is 1. The van der Waals surface area contributed by atoms with Crippen LogP contribution in [0.3, 0.4) is 0 Å². The average Bonchev–Trinajstić information content (AvgIpc) is 3.00. The molecule has 1 aliphatic heterocycles. The van der Waals surface area contributed by atoms with Gasteiger partial charge in [0.2, 0.25) is 5.91 Å². The quantitative estimate of drug-likeness (QED) is 0.680. The zero-order chi connectivity index (χ0) is 21.5. The number of ether oxygens (including phenoxy) is 1. The molecule has 1 fully saturated rings. The Bertz CT molecular complexity index is 864. The molecule has 1 aromatic carbocycles. The number of hydrogen-bond donors (Lipinski definition) is 1. The van der Waals surface area contributed by atoms with Crippen LogP contribution in [0, 0.1) is 20.8 Å². The van der Waals surface area contributed by atoms with E-state index in [0.29, 0.717) is 0 Å². The molecule has 1 N–H and O–H groups in total. The molecular weight excluding hydrogens is 376 g/mol. The van der Waals surface area contributed by atoms with E-state index in [-0.39, 0.29) is 11.9 Å². The molecule has 1 atom stereocenters. The fraction of sp³-hybridized carbons (Fsp3) is 0.500. The van der Waals surface area contributed by atoms with Crippen LogP contribution in [-0.4, -0.2) is 59.5 Å². The summed E-state index contributed by atoms with van der Waals surface area (Å²) < 4.78 is 7.38. The predicted molar refractivity (Wildman–Crippen MR) is 120 cm³/mol. The Morgan fingerprint density at radius 2 is 1.90 bits per heavy atom. The summed E-state index contributed by atoms with van der Waals surface area (Å²) in [5.41, 5.74) is 5.48. The highest BCUT2D eigenvalue weighted by Crippen LogP contribution is 2.17. The summed E-state index contributed by atoms with van der Waals surface area (Å²) in [5, 5.41) is 7.74. The number of aryl methyl sites for hydroxylation is 2. The molecule has 6 heteroatoms. The van der Waals surface area contributed by atoms with E-state index >= 15 is 0 Å². The highest BCUT2D eigenvalue weighted by molar-refractivity contribution is 5.92. The topological polar surface area (TPSA) is 59.4 Å². The van der Waals surface area contributed by atoms with E-state index in [1.165, 1.54) is 11.1 Å². The second-order valence-corrected chi connectivity index (χ2v) is 8.21. The number of aromatic nitrogens is 2. The fourth-order valence-electron chi connectivity index (χ4n) is 3.70. The number of nitrogens with one attached hydrogen (secondary N) is 1. The van der Waals surface area contributed by atoms with Gasteiger partial charge >= 0.3 is 0 Å². The summed E-state index contributed by atoms with van der Waals surface area (Å²) in [6.45, 7) is 13.5. The monoisotopic (exact) mass is 410 g/mol. The van der Waals surface area contributed by atoms with Gasteiger partial charge in [0.05, 0.1) is 25.5 Å². The molecule has 2 aromatic rings. The van der Waals surface area contributed by atoms with Crippen molar-refractivity contribution in [1.82, 2.24) is 20.0 Å². The molecule has 1 aromatic heterocycles. The first-order valence-corrected chi connectivity index (χ1v) is 10.8. The second kappa shape index (κ2) is 10.5. The second-order valence-electron chi connectivity index (χ2n) is 8.21. The Labute approximate surface area is 179 Å². The lowest BCUT2D eigenvalue weighted by Gasteiger charge is -2.27. The maximum Gasteiger partial charge on any atom is 0.244 e. The van der Waals surface area contributed by atoms with E-state index in [9.17, 15) is 4.79 Å². The summed E-state index contributed by atoms with van der Waals surface area (Å²) in [6.07, 6.45) is 4.44. The Balaban J connectivity index is 1.53. The molecular formula is C24H34N4O2. The smallest absolute Gasteiger partial charge is 0.244 e. The van der Waals surface area contributed by atoms with E-state index in [1.807, 2.05) is 17.7 Å². The molecule has 1 saturated heterocycles. The van der Waals surface area contributed by atoms with Crippen LogP contribution in [0.4, 0.5) is 0 Å². The first-order chi connectivity index (χ1) is 14.4. The van der Waals surface area contributed by atoms with Gasteiger partial charge < -0.3 is 10.1 Å². The van der Waals surface area contributed by atoms with Gasteiger partial charge in [0.1, 0.15) is 0 Å². The number of carbonyl (C=O) groups is 1. The van der Waals surface area contributed by atoms with Crippen LogP contribution in [0.25, 0.3) is 6.08 Å². The lowest BCUT2D eigenvalue weighted by Crippen LogP contribution is -2.40. The van der Waals surface area contributed by atoms with Crippen LogP contribution >= 0.6 is 0 Å². The van der Waals surface area contributed by atoms with E-state index < -0.39 is 0 Å². The largest absolute Gasteiger partial charge is 0.379 e. The van der Waals surface area contributed by atoms with Crippen molar-refractivity contribution in [2.75, 3.05) is 32.8 Å². The highest BCUT2D eigenvalue weighted by Gasteiger charge is 2.13. The van der Waals surface area contributed by atoms with Gasteiger partial charge in [0.25, 0.3) is 0 Å². The third-order valence-electron chi connectivity index (χ3n) is 5.66. The minimum atomic E-state index is -0.0606. The molecule has 1 amide bonds. The van der Waals surface area contributed by atoms with Crippen molar-refractivity contribution in [3.8, 4) is 0 Å². The third kappa shape index (κ3) is 6.28. The number of carbonyl (C=O) groups excluding carboxylic acids is 1. The van der Waals surface area contributed by atoms with Crippen molar-refractivity contribution < 1.29 is 9.53 Å². The van der Waals surface area contributed by atoms with Crippen molar-refractivity contribution in [3.05, 3.63) is 58.4 Å². The molecule has 0 spiro atoms. The Hall–Kier alpha value is -2.44.